The van der Waals surface area contributed by atoms with Crippen LogP contribution in [0.1, 0.15) is 22.6 Å². The van der Waals surface area contributed by atoms with Gasteiger partial charge in [-0.05, 0) is 41.0 Å². The molecule has 0 saturated carbocycles. The molecule has 0 bridgehead atoms. The van der Waals surface area contributed by atoms with E-state index in [-0.39, 0.29) is 15.6 Å². The molecule has 0 aliphatic rings. The van der Waals surface area contributed by atoms with Crippen LogP contribution in [0.15, 0.2) is 54.6 Å². The van der Waals surface area contributed by atoms with Crippen molar-refractivity contribution < 1.29 is 9.47 Å². The summed E-state index contributed by atoms with van der Waals surface area (Å²) < 4.78 is 11.7. The SMILES string of the molecule is Clc1cc(C(c2ccccc2)c2cc(Cl)c(OCC(Br)CBr)c(Cl)c2)cc(Cl)c1OCC(Br)CBr. The summed E-state index contributed by atoms with van der Waals surface area (Å²) in [5.41, 5.74) is 2.80. The maximum Gasteiger partial charge on any atom is 0.156 e. The van der Waals surface area contributed by atoms with Gasteiger partial charge in [0.05, 0.1) is 29.7 Å². The Bertz CT molecular complexity index is 1020. The molecular formula is C25H20Br4Cl4O2. The van der Waals surface area contributed by atoms with Gasteiger partial charge in [0.15, 0.2) is 11.5 Å². The molecule has 2 atom stereocenters. The van der Waals surface area contributed by atoms with E-state index < -0.39 is 0 Å². The molecule has 0 aliphatic heterocycles. The second kappa shape index (κ2) is 14.5. The smallest absolute Gasteiger partial charge is 0.156 e. The van der Waals surface area contributed by atoms with E-state index in [2.05, 4.69) is 63.7 Å². The molecule has 0 amide bonds. The lowest BCUT2D eigenvalue weighted by Crippen LogP contribution is -2.13. The highest BCUT2D eigenvalue weighted by atomic mass is 79.9. The second-order valence-electron chi connectivity index (χ2n) is 7.60. The molecule has 0 spiro atoms. The minimum Gasteiger partial charge on any atom is -0.489 e. The molecular weight excluding hydrogens is 794 g/mol. The van der Waals surface area contributed by atoms with E-state index in [1.807, 2.05) is 54.6 Å². The fourth-order valence-electron chi connectivity index (χ4n) is 3.43. The second-order valence-corrected chi connectivity index (χ2v) is 13.1. The summed E-state index contributed by atoms with van der Waals surface area (Å²) in [7, 11) is 0. The van der Waals surface area contributed by atoms with Gasteiger partial charge in [-0.1, -0.05) is 140 Å². The molecule has 0 radical (unpaired) electrons. The first-order valence-corrected chi connectivity index (χ1v) is 16.0. The maximum absolute atomic E-state index is 6.64. The third kappa shape index (κ3) is 8.16. The fraction of sp³-hybridized carbons (Fsp3) is 0.280. The van der Waals surface area contributed by atoms with Crippen LogP contribution in [-0.2, 0) is 0 Å². The van der Waals surface area contributed by atoms with E-state index in [4.69, 9.17) is 55.9 Å². The molecule has 0 heterocycles. The molecule has 2 nitrogen and oxygen atoms in total. The molecule has 0 saturated heterocycles. The Balaban J connectivity index is 2.03. The Kier molecular flexibility index (Phi) is 12.4. The number of hydrogen-bond acceptors (Lipinski definition) is 2. The van der Waals surface area contributed by atoms with Crippen LogP contribution in [0.3, 0.4) is 0 Å². The lowest BCUT2D eigenvalue weighted by molar-refractivity contribution is 0.326. The Labute approximate surface area is 259 Å². The van der Waals surface area contributed by atoms with Gasteiger partial charge in [-0.15, -0.1) is 0 Å². The minimum absolute atomic E-state index is 0.130. The quantitative estimate of drug-likeness (QED) is 0.142. The first-order valence-electron chi connectivity index (χ1n) is 10.4. The van der Waals surface area contributed by atoms with Gasteiger partial charge in [0.1, 0.15) is 13.2 Å². The average molecular weight is 814 g/mol. The van der Waals surface area contributed by atoms with E-state index in [1.165, 1.54) is 0 Å². The summed E-state index contributed by atoms with van der Waals surface area (Å²) in [6, 6.07) is 17.5. The van der Waals surface area contributed by atoms with Gasteiger partial charge in [-0.2, -0.15) is 0 Å². The lowest BCUT2D eigenvalue weighted by Gasteiger charge is -2.22. The molecule has 2 unspecified atom stereocenters. The Hall–Kier alpha value is 0.340. The summed E-state index contributed by atoms with van der Waals surface area (Å²) in [6.45, 7) is 0.840. The highest BCUT2D eigenvalue weighted by molar-refractivity contribution is 9.12. The van der Waals surface area contributed by atoms with Gasteiger partial charge >= 0.3 is 0 Å². The van der Waals surface area contributed by atoms with Crippen LogP contribution < -0.4 is 9.47 Å². The predicted molar refractivity (Wildman–Crippen MR) is 164 cm³/mol. The molecule has 0 aliphatic carbocycles. The number of alkyl halides is 4. The van der Waals surface area contributed by atoms with Crippen LogP contribution in [0, 0.1) is 0 Å². The Morgan fingerprint density at radius 2 is 0.971 bits per heavy atom. The fourth-order valence-corrected chi connectivity index (χ4v) is 5.29. The monoisotopic (exact) mass is 808 g/mol. The summed E-state index contributed by atoms with van der Waals surface area (Å²) in [5.74, 6) is 0.678. The van der Waals surface area contributed by atoms with Crippen LogP contribution in [-0.4, -0.2) is 33.5 Å². The summed E-state index contributed by atoms with van der Waals surface area (Å²) in [4.78, 5) is 0.261. The molecule has 35 heavy (non-hydrogen) atoms. The minimum atomic E-state index is -0.220. The zero-order valence-corrected chi connectivity index (χ0v) is 27.5. The number of rotatable bonds is 11. The van der Waals surface area contributed by atoms with E-state index in [0.717, 1.165) is 27.4 Å². The predicted octanol–water partition coefficient (Wildman–Crippen LogP) is 10.6. The van der Waals surface area contributed by atoms with Crippen LogP contribution in [0.5, 0.6) is 11.5 Å². The van der Waals surface area contributed by atoms with Crippen molar-refractivity contribution in [1.82, 2.24) is 0 Å². The Morgan fingerprint density at radius 3 is 1.31 bits per heavy atom. The number of benzene rings is 3. The first kappa shape index (κ1) is 29.9. The van der Waals surface area contributed by atoms with Crippen molar-refractivity contribution in [2.24, 2.45) is 0 Å². The number of halogens is 8. The van der Waals surface area contributed by atoms with Gasteiger partial charge < -0.3 is 9.47 Å². The normalized spacial score (nSPS) is 13.8. The van der Waals surface area contributed by atoms with E-state index >= 15 is 0 Å². The van der Waals surface area contributed by atoms with Crippen molar-refractivity contribution in [2.75, 3.05) is 23.9 Å². The topological polar surface area (TPSA) is 18.5 Å². The van der Waals surface area contributed by atoms with E-state index in [9.17, 15) is 0 Å². The zero-order valence-electron chi connectivity index (χ0n) is 18.1. The van der Waals surface area contributed by atoms with Gasteiger partial charge in [-0.3, -0.25) is 0 Å². The molecule has 188 valence electrons. The van der Waals surface area contributed by atoms with Crippen molar-refractivity contribution in [3.05, 3.63) is 91.4 Å². The molecule has 0 aromatic heterocycles. The highest BCUT2D eigenvalue weighted by Gasteiger charge is 2.23. The average Bonchev–Trinajstić information content (AvgIpc) is 2.83. The van der Waals surface area contributed by atoms with Crippen LogP contribution in [0.25, 0.3) is 0 Å². The zero-order chi connectivity index (χ0) is 25.5. The van der Waals surface area contributed by atoms with Crippen molar-refractivity contribution in [2.45, 2.75) is 15.6 Å². The van der Waals surface area contributed by atoms with Crippen molar-refractivity contribution >= 4 is 110 Å². The Morgan fingerprint density at radius 1 is 0.600 bits per heavy atom. The van der Waals surface area contributed by atoms with Crippen LogP contribution in [0.2, 0.25) is 20.1 Å². The van der Waals surface area contributed by atoms with Crippen LogP contribution in [0.4, 0.5) is 0 Å². The first-order chi connectivity index (χ1) is 16.7. The van der Waals surface area contributed by atoms with E-state index in [1.54, 1.807) is 0 Å². The lowest BCUT2D eigenvalue weighted by atomic mass is 9.85. The molecule has 3 rings (SSSR count). The maximum atomic E-state index is 6.64. The van der Waals surface area contributed by atoms with E-state index in [0.29, 0.717) is 44.8 Å². The molecule has 0 N–H and O–H groups in total. The number of ether oxygens (including phenoxy) is 2. The highest BCUT2D eigenvalue weighted by Crippen LogP contribution is 2.43. The van der Waals surface area contributed by atoms with Gasteiger partial charge in [0.2, 0.25) is 0 Å². The summed E-state index contributed by atoms with van der Waals surface area (Å²) >= 11 is 40.4. The van der Waals surface area contributed by atoms with Crippen molar-refractivity contribution in [3.8, 4) is 11.5 Å². The standard InChI is InChI=1S/C25H20Br4Cl4O2/c26-10-17(28)12-34-24-19(30)6-15(7-20(24)31)23(14-4-2-1-3-5-14)16-8-21(32)25(22(33)9-16)35-13-18(29)11-27/h1-9,17-18,23H,10-13H2. The molecule has 3 aromatic rings. The summed E-state index contributed by atoms with van der Waals surface area (Å²) in [6.07, 6.45) is 0. The third-order valence-corrected chi connectivity index (χ3v) is 10.6. The molecule has 3 aromatic carbocycles. The van der Waals surface area contributed by atoms with Crippen LogP contribution >= 0.6 is 110 Å². The van der Waals surface area contributed by atoms with Gasteiger partial charge in [-0.25, -0.2) is 0 Å². The van der Waals surface area contributed by atoms with Crippen molar-refractivity contribution in [3.63, 3.8) is 0 Å². The van der Waals surface area contributed by atoms with Gasteiger partial charge in [0, 0.05) is 16.6 Å². The van der Waals surface area contributed by atoms with Gasteiger partial charge in [0.25, 0.3) is 0 Å². The number of hydrogen-bond donors (Lipinski definition) is 0. The summed E-state index contributed by atoms with van der Waals surface area (Å²) in [5, 5.41) is 3.19. The molecule has 10 heteroatoms. The van der Waals surface area contributed by atoms with Crippen molar-refractivity contribution in [1.29, 1.82) is 0 Å². The molecule has 0 fully saturated rings. The largest absolute Gasteiger partial charge is 0.489 e. The third-order valence-electron chi connectivity index (χ3n) is 4.99.